The smallest absolute Gasteiger partial charge is 0.257 e. The van der Waals surface area contributed by atoms with Gasteiger partial charge in [0.05, 0.1) is 29.0 Å². The predicted octanol–water partition coefficient (Wildman–Crippen LogP) is 7.47. The van der Waals surface area contributed by atoms with Crippen LogP contribution in [0.5, 0.6) is 5.75 Å². The number of hydrogen-bond donors (Lipinski definition) is 3. The fourth-order valence-corrected chi connectivity index (χ4v) is 4.64. The molecule has 0 atom stereocenters. The van der Waals surface area contributed by atoms with Crippen LogP contribution in [0.4, 0.5) is 5.13 Å². The van der Waals surface area contributed by atoms with Crippen LogP contribution in [0.25, 0.3) is 0 Å². The molecule has 3 aromatic rings. The van der Waals surface area contributed by atoms with E-state index in [1.165, 1.54) is 11.3 Å². The SMILES string of the molecule is CC.CC.CC(C)(C)c1cnc(CSc2cnc(NC(=O)c3ccc(OCCCCCC(=O)NO)cc3)s2)o1. The first-order valence-corrected chi connectivity index (χ1v) is 15.1. The van der Waals surface area contributed by atoms with E-state index >= 15 is 0 Å². The Hall–Kier alpha value is -2.89. The minimum absolute atomic E-state index is 0.0795. The van der Waals surface area contributed by atoms with Crippen LogP contribution in [-0.4, -0.2) is 33.6 Å². The van der Waals surface area contributed by atoms with Crippen LogP contribution in [0.2, 0.25) is 0 Å². The second kappa shape index (κ2) is 18.4. The number of oxazole rings is 1. The highest BCUT2D eigenvalue weighted by molar-refractivity contribution is 8.00. The Balaban J connectivity index is 0.00000181. The summed E-state index contributed by atoms with van der Waals surface area (Å²) in [5.41, 5.74) is 2.04. The molecule has 0 spiro atoms. The van der Waals surface area contributed by atoms with Gasteiger partial charge in [-0.3, -0.25) is 20.1 Å². The molecule has 2 amide bonds. The Morgan fingerprint density at radius 3 is 2.33 bits per heavy atom. The Morgan fingerprint density at radius 2 is 1.72 bits per heavy atom. The maximum Gasteiger partial charge on any atom is 0.257 e. The van der Waals surface area contributed by atoms with E-state index in [4.69, 9.17) is 14.4 Å². The third-order valence-corrected chi connectivity index (χ3v) is 6.99. The molecule has 1 aromatic carbocycles. The van der Waals surface area contributed by atoms with Gasteiger partial charge in [-0.05, 0) is 43.5 Å². The minimum Gasteiger partial charge on any atom is -0.494 e. The molecule has 0 radical (unpaired) electrons. The Labute approximate surface area is 240 Å². The average Bonchev–Trinajstić information content (AvgIpc) is 3.61. The molecule has 2 heterocycles. The molecular weight excluding hydrogens is 536 g/mol. The number of rotatable bonds is 12. The number of anilines is 1. The number of unbranched alkanes of at least 4 members (excludes halogenated alkanes) is 2. The number of carbonyl (C=O) groups is 2. The molecule has 2 aromatic heterocycles. The second-order valence-corrected chi connectivity index (χ2v) is 11.1. The molecule has 0 aliphatic heterocycles. The molecule has 0 aliphatic rings. The molecule has 0 unspecified atom stereocenters. The zero-order valence-electron chi connectivity index (χ0n) is 24.0. The number of nitrogens with zero attached hydrogens (tertiary/aromatic N) is 2. The van der Waals surface area contributed by atoms with E-state index in [9.17, 15) is 9.59 Å². The highest BCUT2D eigenvalue weighted by atomic mass is 32.2. The fraction of sp³-hybridized carbons (Fsp3) is 0.500. The lowest BCUT2D eigenvalue weighted by atomic mass is 9.94. The lowest BCUT2D eigenvalue weighted by Gasteiger charge is -2.12. The molecule has 0 fully saturated rings. The van der Waals surface area contributed by atoms with Crippen molar-refractivity contribution in [1.29, 1.82) is 0 Å². The topological polar surface area (TPSA) is 127 Å². The predicted molar refractivity (Wildman–Crippen MR) is 158 cm³/mol. The van der Waals surface area contributed by atoms with Crippen LogP contribution in [0.1, 0.15) is 96.2 Å². The van der Waals surface area contributed by atoms with Gasteiger partial charge in [0.25, 0.3) is 5.91 Å². The summed E-state index contributed by atoms with van der Waals surface area (Å²) >= 11 is 2.96. The van der Waals surface area contributed by atoms with Gasteiger partial charge >= 0.3 is 0 Å². The van der Waals surface area contributed by atoms with Crippen molar-refractivity contribution in [3.8, 4) is 5.75 Å². The van der Waals surface area contributed by atoms with Crippen molar-refractivity contribution in [2.45, 2.75) is 89.5 Å². The van der Waals surface area contributed by atoms with Gasteiger partial charge in [-0.1, -0.05) is 59.8 Å². The van der Waals surface area contributed by atoms with Crippen molar-refractivity contribution in [3.63, 3.8) is 0 Å². The number of aromatic nitrogens is 2. The third kappa shape index (κ3) is 12.7. The molecule has 9 nitrogen and oxygen atoms in total. The van der Waals surface area contributed by atoms with E-state index in [0.29, 0.717) is 47.5 Å². The largest absolute Gasteiger partial charge is 0.494 e. The van der Waals surface area contributed by atoms with Gasteiger partial charge in [-0.25, -0.2) is 15.4 Å². The van der Waals surface area contributed by atoms with E-state index in [2.05, 4.69) is 36.1 Å². The summed E-state index contributed by atoms with van der Waals surface area (Å²) < 4.78 is 12.4. The van der Waals surface area contributed by atoms with Gasteiger partial charge in [-0.15, -0.1) is 11.8 Å². The zero-order chi connectivity index (χ0) is 29.3. The molecular formula is C28H42N4O5S2. The van der Waals surface area contributed by atoms with Gasteiger partial charge in [0.15, 0.2) is 5.13 Å². The number of thiazole rings is 1. The fourth-order valence-electron chi connectivity index (χ4n) is 2.92. The van der Waals surface area contributed by atoms with Gasteiger partial charge in [-0.2, -0.15) is 0 Å². The molecule has 3 rings (SSSR count). The summed E-state index contributed by atoms with van der Waals surface area (Å²) in [6, 6.07) is 6.91. The third-order valence-electron chi connectivity index (χ3n) is 4.89. The summed E-state index contributed by atoms with van der Waals surface area (Å²) in [4.78, 5) is 32.1. The van der Waals surface area contributed by atoms with Gasteiger partial charge in [0.1, 0.15) is 11.5 Å². The zero-order valence-corrected chi connectivity index (χ0v) is 25.6. The highest BCUT2D eigenvalue weighted by Gasteiger charge is 2.19. The number of carbonyl (C=O) groups excluding carboxylic acids is 2. The molecule has 0 bridgehead atoms. The van der Waals surface area contributed by atoms with Crippen molar-refractivity contribution >= 4 is 40.0 Å². The van der Waals surface area contributed by atoms with Crippen molar-refractivity contribution in [3.05, 3.63) is 53.9 Å². The number of hydroxylamine groups is 1. The summed E-state index contributed by atoms with van der Waals surface area (Å²) in [5.74, 6) is 2.15. The minimum atomic E-state index is -0.381. The standard InChI is InChI=1S/C24H30N4O5S2.2C2H6/c1-24(2,3)18-13-25-20(33-18)15-34-21-14-26-23(35-21)27-22(30)16-8-10-17(11-9-16)32-12-6-4-5-7-19(29)28-31;2*1-2/h8-11,13-14,31H,4-7,12,15H2,1-3H3,(H,28,29)(H,26,27,30);2*1-2H3. The van der Waals surface area contributed by atoms with E-state index in [0.717, 1.165) is 22.8 Å². The molecule has 0 aliphatic carbocycles. The van der Waals surface area contributed by atoms with Crippen LogP contribution in [-0.2, 0) is 16.0 Å². The average molecular weight is 579 g/mol. The number of benzene rings is 1. The van der Waals surface area contributed by atoms with Crippen LogP contribution < -0.4 is 15.5 Å². The number of hydrogen-bond acceptors (Lipinski definition) is 9. The summed E-state index contributed by atoms with van der Waals surface area (Å²) in [5, 5.41) is 11.8. The Kier molecular flexibility index (Phi) is 16.1. The van der Waals surface area contributed by atoms with Crippen LogP contribution in [0, 0.1) is 0 Å². The maximum absolute atomic E-state index is 12.6. The first-order valence-electron chi connectivity index (χ1n) is 13.3. The Morgan fingerprint density at radius 1 is 1.03 bits per heavy atom. The lowest BCUT2D eigenvalue weighted by molar-refractivity contribution is -0.129. The first kappa shape index (κ1) is 34.1. The van der Waals surface area contributed by atoms with E-state index in [1.807, 2.05) is 27.7 Å². The first-order chi connectivity index (χ1) is 18.7. The molecule has 0 saturated heterocycles. The van der Waals surface area contributed by atoms with E-state index in [-0.39, 0.29) is 17.2 Å². The molecule has 0 saturated carbocycles. The normalized spacial score (nSPS) is 10.5. The molecule has 39 heavy (non-hydrogen) atoms. The van der Waals surface area contributed by atoms with Crippen molar-refractivity contribution < 1.29 is 24.0 Å². The Bertz CT molecular complexity index is 1110. The summed E-state index contributed by atoms with van der Waals surface area (Å²) in [6.45, 7) is 14.7. The number of amides is 2. The van der Waals surface area contributed by atoms with Crippen LogP contribution in [0.3, 0.4) is 0 Å². The van der Waals surface area contributed by atoms with Gasteiger partial charge < -0.3 is 9.15 Å². The quantitative estimate of drug-likeness (QED) is 0.0874. The molecule has 216 valence electrons. The van der Waals surface area contributed by atoms with Gasteiger partial charge in [0, 0.05) is 17.4 Å². The van der Waals surface area contributed by atoms with E-state index in [1.54, 1.807) is 53.9 Å². The molecule has 3 N–H and O–H groups in total. The van der Waals surface area contributed by atoms with Crippen LogP contribution in [0.15, 0.2) is 45.3 Å². The van der Waals surface area contributed by atoms with E-state index < -0.39 is 0 Å². The monoisotopic (exact) mass is 578 g/mol. The van der Waals surface area contributed by atoms with Crippen LogP contribution >= 0.6 is 23.1 Å². The number of nitrogens with one attached hydrogen (secondary N) is 2. The number of ether oxygens (including phenoxy) is 1. The van der Waals surface area contributed by atoms with Gasteiger partial charge in [0.2, 0.25) is 11.8 Å². The lowest BCUT2D eigenvalue weighted by Crippen LogP contribution is -2.17. The van der Waals surface area contributed by atoms with Crippen molar-refractivity contribution in [2.24, 2.45) is 0 Å². The van der Waals surface area contributed by atoms with Crippen molar-refractivity contribution in [1.82, 2.24) is 15.4 Å². The summed E-state index contributed by atoms with van der Waals surface area (Å²) in [6.07, 6.45) is 6.08. The van der Waals surface area contributed by atoms with Crippen molar-refractivity contribution in [2.75, 3.05) is 11.9 Å². The maximum atomic E-state index is 12.6. The molecule has 11 heteroatoms. The number of thioether (sulfide) groups is 1. The summed E-state index contributed by atoms with van der Waals surface area (Å²) in [7, 11) is 0. The second-order valence-electron chi connectivity index (χ2n) is 8.81. The highest BCUT2D eigenvalue weighted by Crippen LogP contribution is 2.32.